The second-order valence-corrected chi connectivity index (χ2v) is 9.69. The second-order valence-electron chi connectivity index (χ2n) is 8.32. The van der Waals surface area contributed by atoms with Crippen molar-refractivity contribution in [3.05, 3.63) is 38.7 Å². The monoisotopic (exact) mass is 480 g/mol. The normalized spacial score (nSPS) is 20.6. The first kappa shape index (κ1) is 21.3. The van der Waals surface area contributed by atoms with E-state index in [2.05, 4.69) is 42.3 Å². The molecule has 0 bridgehead atoms. The number of hydrogen-bond acceptors (Lipinski definition) is 4. The molecule has 0 radical (unpaired) electrons. The van der Waals surface area contributed by atoms with Gasteiger partial charge in [0, 0.05) is 10.0 Å². The van der Waals surface area contributed by atoms with Crippen molar-refractivity contribution in [2.75, 3.05) is 19.7 Å². The Labute approximate surface area is 183 Å². The highest BCUT2D eigenvalue weighted by molar-refractivity contribution is 9.10. The SMILES string of the molecule is CC/C=C(/NC(=O)c1c(C)c(P)c(Br)c2c1COC2)OCC12CCCN1CCC2. The van der Waals surface area contributed by atoms with Crippen LogP contribution in [0.15, 0.2) is 16.4 Å². The van der Waals surface area contributed by atoms with Gasteiger partial charge in [-0.15, -0.1) is 9.24 Å². The summed E-state index contributed by atoms with van der Waals surface area (Å²) in [7, 11) is 2.74. The number of ether oxygens (including phenoxy) is 2. The van der Waals surface area contributed by atoms with Crippen LogP contribution >= 0.6 is 25.2 Å². The number of benzene rings is 1. The molecule has 1 atom stereocenters. The maximum Gasteiger partial charge on any atom is 0.258 e. The molecule has 7 heteroatoms. The minimum absolute atomic E-state index is 0.118. The third-order valence-electron chi connectivity index (χ3n) is 6.60. The lowest BCUT2D eigenvalue weighted by molar-refractivity contribution is 0.0607. The van der Waals surface area contributed by atoms with Crippen LogP contribution in [0.5, 0.6) is 0 Å². The summed E-state index contributed by atoms with van der Waals surface area (Å²) in [4.78, 5) is 15.8. The molecule has 0 aliphatic carbocycles. The molecule has 0 saturated carbocycles. The van der Waals surface area contributed by atoms with Gasteiger partial charge in [0.2, 0.25) is 0 Å². The summed E-state index contributed by atoms with van der Waals surface area (Å²) in [6.07, 6.45) is 7.63. The molecule has 1 amide bonds. The molecule has 1 aromatic carbocycles. The van der Waals surface area contributed by atoms with Crippen LogP contribution in [0.2, 0.25) is 0 Å². The van der Waals surface area contributed by atoms with Gasteiger partial charge < -0.3 is 9.47 Å². The highest BCUT2D eigenvalue weighted by atomic mass is 79.9. The smallest absolute Gasteiger partial charge is 0.258 e. The van der Waals surface area contributed by atoms with Gasteiger partial charge >= 0.3 is 0 Å². The van der Waals surface area contributed by atoms with E-state index in [0.29, 0.717) is 31.3 Å². The number of allylic oxidation sites excluding steroid dienone is 1. The van der Waals surface area contributed by atoms with Crippen LogP contribution in [0.25, 0.3) is 0 Å². The van der Waals surface area contributed by atoms with E-state index < -0.39 is 0 Å². The summed E-state index contributed by atoms with van der Waals surface area (Å²) in [5, 5.41) is 4.06. The Bertz CT molecular complexity index is 845. The number of nitrogens with zero attached hydrogens (tertiary/aromatic N) is 1. The zero-order chi connectivity index (χ0) is 20.6. The third-order valence-corrected chi connectivity index (χ3v) is 8.65. The van der Waals surface area contributed by atoms with Crippen LogP contribution in [0.3, 0.4) is 0 Å². The number of carbonyl (C=O) groups is 1. The zero-order valence-electron chi connectivity index (χ0n) is 17.3. The average Bonchev–Trinajstić information content (AvgIpc) is 3.40. The highest BCUT2D eigenvalue weighted by Gasteiger charge is 2.45. The van der Waals surface area contributed by atoms with Gasteiger partial charge in [0.25, 0.3) is 5.91 Å². The van der Waals surface area contributed by atoms with Gasteiger partial charge in [0.15, 0.2) is 5.88 Å². The van der Waals surface area contributed by atoms with Crippen molar-refractivity contribution in [1.82, 2.24) is 10.2 Å². The van der Waals surface area contributed by atoms with E-state index in [1.165, 1.54) is 38.8 Å². The number of halogens is 1. The van der Waals surface area contributed by atoms with Gasteiger partial charge in [-0.3, -0.25) is 15.0 Å². The van der Waals surface area contributed by atoms with Gasteiger partial charge in [-0.05, 0) is 96.1 Å². The van der Waals surface area contributed by atoms with Crippen LogP contribution < -0.4 is 10.6 Å². The molecule has 3 aliphatic heterocycles. The molecule has 0 aromatic heterocycles. The first-order valence-electron chi connectivity index (χ1n) is 10.5. The molecule has 29 heavy (non-hydrogen) atoms. The standard InChI is InChI=1S/C22H30BrN2O3P/c1-3-6-17(28-13-22-7-4-9-25(22)10-5-8-22)24-21(26)18-14(2)20(29)19(23)16-12-27-11-15(16)18/h6H,3-5,7-13,29H2,1-2H3,(H,24,26)/b17-6-. The van der Waals surface area contributed by atoms with Crippen molar-refractivity contribution in [2.24, 2.45) is 0 Å². The van der Waals surface area contributed by atoms with E-state index in [0.717, 1.165) is 32.9 Å². The van der Waals surface area contributed by atoms with E-state index in [4.69, 9.17) is 9.47 Å². The maximum atomic E-state index is 13.3. The Balaban J connectivity index is 1.53. The van der Waals surface area contributed by atoms with Gasteiger partial charge in [-0.1, -0.05) is 6.92 Å². The summed E-state index contributed by atoms with van der Waals surface area (Å²) in [5.74, 6) is 0.457. The predicted molar refractivity (Wildman–Crippen MR) is 121 cm³/mol. The van der Waals surface area contributed by atoms with E-state index in [1.807, 2.05) is 13.0 Å². The number of carbonyl (C=O) groups excluding carboxylic acids is 1. The Morgan fingerprint density at radius 2 is 2.00 bits per heavy atom. The Morgan fingerprint density at radius 3 is 2.69 bits per heavy atom. The Morgan fingerprint density at radius 1 is 1.31 bits per heavy atom. The number of nitrogens with one attached hydrogen (secondary N) is 1. The molecule has 2 fully saturated rings. The minimum Gasteiger partial charge on any atom is -0.477 e. The molecule has 5 nitrogen and oxygen atoms in total. The third kappa shape index (κ3) is 3.89. The van der Waals surface area contributed by atoms with E-state index in [-0.39, 0.29) is 11.4 Å². The molecule has 2 saturated heterocycles. The summed E-state index contributed by atoms with van der Waals surface area (Å²) >= 11 is 3.66. The average molecular weight is 481 g/mol. The Hall–Kier alpha value is -0.940. The Kier molecular flexibility index (Phi) is 6.36. The summed E-state index contributed by atoms with van der Waals surface area (Å²) < 4.78 is 12.9. The number of rotatable bonds is 6. The molecular weight excluding hydrogens is 451 g/mol. The lowest BCUT2D eigenvalue weighted by Gasteiger charge is -2.32. The maximum absolute atomic E-state index is 13.3. The van der Waals surface area contributed by atoms with E-state index >= 15 is 0 Å². The predicted octanol–water partition coefficient (Wildman–Crippen LogP) is 3.91. The van der Waals surface area contributed by atoms with Gasteiger partial charge in [-0.2, -0.15) is 0 Å². The van der Waals surface area contributed by atoms with Crippen LogP contribution in [0.1, 0.15) is 66.1 Å². The van der Waals surface area contributed by atoms with Crippen molar-refractivity contribution < 1.29 is 14.3 Å². The van der Waals surface area contributed by atoms with Crippen molar-refractivity contribution >= 4 is 36.4 Å². The number of hydrogen-bond donors (Lipinski definition) is 1. The van der Waals surface area contributed by atoms with Crippen LogP contribution in [-0.4, -0.2) is 36.0 Å². The first-order chi connectivity index (χ1) is 14.0. The fourth-order valence-corrected chi connectivity index (χ4v) is 5.99. The molecule has 3 aliphatic rings. The summed E-state index contributed by atoms with van der Waals surface area (Å²) in [6.45, 7) is 8.03. The molecule has 1 unspecified atom stereocenters. The van der Waals surface area contributed by atoms with Crippen molar-refractivity contribution in [3.63, 3.8) is 0 Å². The number of amides is 1. The molecule has 1 N–H and O–H groups in total. The lowest BCUT2D eigenvalue weighted by atomic mass is 9.95. The lowest BCUT2D eigenvalue weighted by Crippen LogP contribution is -2.43. The fourth-order valence-electron chi connectivity index (χ4n) is 5.02. The molecule has 3 heterocycles. The van der Waals surface area contributed by atoms with Gasteiger partial charge in [0.05, 0.1) is 18.8 Å². The number of fused-ring (bicyclic) bond motifs is 2. The molecule has 4 rings (SSSR count). The van der Waals surface area contributed by atoms with Crippen LogP contribution in [0.4, 0.5) is 0 Å². The van der Waals surface area contributed by atoms with Crippen molar-refractivity contribution in [3.8, 4) is 0 Å². The summed E-state index contributed by atoms with van der Waals surface area (Å²) in [5.41, 5.74) is 3.87. The topological polar surface area (TPSA) is 50.8 Å². The minimum atomic E-state index is -0.118. The summed E-state index contributed by atoms with van der Waals surface area (Å²) in [6, 6.07) is 0. The zero-order valence-corrected chi connectivity index (χ0v) is 20.0. The van der Waals surface area contributed by atoms with E-state index in [9.17, 15) is 4.79 Å². The first-order valence-corrected chi connectivity index (χ1v) is 11.9. The van der Waals surface area contributed by atoms with Crippen LogP contribution in [0, 0.1) is 6.92 Å². The van der Waals surface area contributed by atoms with Gasteiger partial charge in [-0.25, -0.2) is 0 Å². The highest BCUT2D eigenvalue weighted by Crippen LogP contribution is 2.39. The van der Waals surface area contributed by atoms with Crippen molar-refractivity contribution in [2.45, 2.75) is 64.7 Å². The fraction of sp³-hybridized carbons (Fsp3) is 0.591. The second kappa shape index (κ2) is 8.66. The molecule has 158 valence electrons. The molecular formula is C22H30BrN2O3P. The molecule has 1 aromatic rings. The largest absolute Gasteiger partial charge is 0.477 e. The van der Waals surface area contributed by atoms with Gasteiger partial charge in [0.1, 0.15) is 6.61 Å². The molecule has 0 spiro atoms. The quantitative estimate of drug-likeness (QED) is 0.495. The van der Waals surface area contributed by atoms with E-state index in [1.54, 1.807) is 0 Å². The van der Waals surface area contributed by atoms with Crippen LogP contribution in [-0.2, 0) is 22.7 Å². The van der Waals surface area contributed by atoms with Crippen molar-refractivity contribution in [1.29, 1.82) is 0 Å².